The fraction of sp³-hybridized carbons (Fsp3) is 0. The number of fused-ring (bicyclic) bond motifs is 7. The standard InChI is InChI=1S/C46H29N3S/c1-4-12-30(13-5-1)31-20-22-32(23-21-31)35-24-25-38-42(28-35)49(41-27-26-37-36-18-10-11-19-43(36)50-45(37)44(38)41)46-47-39(33-14-6-2-7-15-33)29-40(48-46)34-16-8-3-9-17-34/h1-29H. The number of thiophene rings is 1. The van der Waals surface area contributed by atoms with Gasteiger partial charge in [0, 0.05) is 42.1 Å². The summed E-state index contributed by atoms with van der Waals surface area (Å²) >= 11 is 1.86. The predicted molar refractivity (Wildman–Crippen MR) is 211 cm³/mol. The van der Waals surface area contributed by atoms with Crippen LogP contribution in [-0.2, 0) is 0 Å². The predicted octanol–water partition coefficient (Wildman–Crippen LogP) is 12.6. The van der Waals surface area contributed by atoms with Crippen molar-refractivity contribution in [2.75, 3.05) is 0 Å². The first-order valence-electron chi connectivity index (χ1n) is 16.8. The summed E-state index contributed by atoms with van der Waals surface area (Å²) in [5.74, 6) is 0.655. The van der Waals surface area contributed by atoms with Gasteiger partial charge in [-0.05, 0) is 46.5 Å². The Morgan fingerprint density at radius 2 is 0.900 bits per heavy atom. The van der Waals surface area contributed by atoms with Crippen molar-refractivity contribution in [1.82, 2.24) is 14.5 Å². The third kappa shape index (κ3) is 4.73. The van der Waals surface area contributed by atoms with E-state index in [9.17, 15) is 0 Å². The van der Waals surface area contributed by atoms with Gasteiger partial charge in [-0.1, -0.05) is 152 Å². The average Bonchev–Trinajstić information content (AvgIpc) is 3.74. The lowest BCUT2D eigenvalue weighted by Crippen LogP contribution is -2.04. The summed E-state index contributed by atoms with van der Waals surface area (Å²) in [4.78, 5) is 10.6. The Hall–Kier alpha value is -6.36. The molecule has 0 N–H and O–H groups in total. The van der Waals surface area contributed by atoms with E-state index in [0.717, 1.165) is 39.1 Å². The summed E-state index contributed by atoms with van der Waals surface area (Å²) in [5, 5.41) is 5.00. The maximum atomic E-state index is 5.30. The quantitative estimate of drug-likeness (QED) is 0.185. The van der Waals surface area contributed by atoms with Gasteiger partial charge in [-0.25, -0.2) is 9.97 Å². The lowest BCUT2D eigenvalue weighted by molar-refractivity contribution is 0.996. The van der Waals surface area contributed by atoms with Crippen LogP contribution in [0.4, 0.5) is 0 Å². The van der Waals surface area contributed by atoms with Crippen LogP contribution in [0.25, 0.3) is 92.7 Å². The Balaban J connectivity index is 1.26. The minimum absolute atomic E-state index is 0.655. The summed E-state index contributed by atoms with van der Waals surface area (Å²) in [6, 6.07) is 62.4. The van der Waals surface area contributed by atoms with E-state index in [-0.39, 0.29) is 0 Å². The first-order chi connectivity index (χ1) is 24.8. The van der Waals surface area contributed by atoms with Gasteiger partial charge in [0.05, 0.1) is 22.4 Å². The zero-order chi connectivity index (χ0) is 33.0. The van der Waals surface area contributed by atoms with E-state index in [4.69, 9.17) is 9.97 Å². The van der Waals surface area contributed by atoms with Crippen molar-refractivity contribution >= 4 is 53.3 Å². The van der Waals surface area contributed by atoms with Gasteiger partial charge in [-0.2, -0.15) is 0 Å². The molecule has 4 heteroatoms. The molecule has 10 rings (SSSR count). The molecule has 0 saturated carbocycles. The number of benzene rings is 7. The Morgan fingerprint density at radius 3 is 1.56 bits per heavy atom. The highest BCUT2D eigenvalue weighted by molar-refractivity contribution is 7.26. The van der Waals surface area contributed by atoms with Crippen molar-refractivity contribution in [3.05, 3.63) is 176 Å². The molecule has 0 aliphatic heterocycles. The van der Waals surface area contributed by atoms with Gasteiger partial charge in [0.25, 0.3) is 0 Å². The van der Waals surface area contributed by atoms with E-state index in [0.29, 0.717) is 5.95 Å². The van der Waals surface area contributed by atoms with Gasteiger partial charge >= 0.3 is 0 Å². The van der Waals surface area contributed by atoms with Crippen LogP contribution >= 0.6 is 11.3 Å². The van der Waals surface area contributed by atoms with Crippen LogP contribution in [0.3, 0.4) is 0 Å². The fourth-order valence-electron chi connectivity index (χ4n) is 7.21. The first kappa shape index (κ1) is 28.6. The third-order valence-corrected chi connectivity index (χ3v) is 10.9. The molecular weight excluding hydrogens is 627 g/mol. The van der Waals surface area contributed by atoms with Gasteiger partial charge < -0.3 is 0 Å². The van der Waals surface area contributed by atoms with Gasteiger partial charge in [-0.15, -0.1) is 11.3 Å². The molecular formula is C46H29N3S. The molecule has 0 atom stereocenters. The highest BCUT2D eigenvalue weighted by atomic mass is 32.1. The topological polar surface area (TPSA) is 30.7 Å². The second-order valence-electron chi connectivity index (χ2n) is 12.6. The van der Waals surface area contributed by atoms with Crippen molar-refractivity contribution < 1.29 is 0 Å². The number of nitrogens with zero attached hydrogens (tertiary/aromatic N) is 3. The smallest absolute Gasteiger partial charge is 0.235 e. The highest BCUT2D eigenvalue weighted by Crippen LogP contribution is 2.44. The second-order valence-corrected chi connectivity index (χ2v) is 13.7. The van der Waals surface area contributed by atoms with Gasteiger partial charge in [0.2, 0.25) is 5.95 Å². The van der Waals surface area contributed by atoms with E-state index in [1.54, 1.807) is 0 Å². The number of hydrogen-bond acceptors (Lipinski definition) is 3. The monoisotopic (exact) mass is 655 g/mol. The molecule has 0 spiro atoms. The minimum atomic E-state index is 0.655. The third-order valence-electron chi connectivity index (χ3n) is 9.65. The van der Waals surface area contributed by atoms with Crippen LogP contribution in [0.5, 0.6) is 0 Å². The molecule has 234 valence electrons. The fourth-order valence-corrected chi connectivity index (χ4v) is 8.47. The Kier molecular flexibility index (Phi) is 6.68. The van der Waals surface area contributed by atoms with Crippen LogP contribution < -0.4 is 0 Å². The van der Waals surface area contributed by atoms with Crippen LogP contribution in [0, 0.1) is 0 Å². The molecule has 0 unspecified atom stereocenters. The van der Waals surface area contributed by atoms with E-state index >= 15 is 0 Å². The van der Waals surface area contributed by atoms with Crippen LogP contribution in [0.1, 0.15) is 0 Å². The molecule has 50 heavy (non-hydrogen) atoms. The van der Waals surface area contributed by atoms with Gasteiger partial charge in [0.15, 0.2) is 0 Å². The van der Waals surface area contributed by atoms with Crippen LogP contribution in [0.2, 0.25) is 0 Å². The first-order valence-corrected chi connectivity index (χ1v) is 17.6. The molecule has 10 aromatic rings. The molecule has 0 saturated heterocycles. The maximum absolute atomic E-state index is 5.30. The second kappa shape index (κ2) is 11.7. The summed E-state index contributed by atoms with van der Waals surface area (Å²) in [7, 11) is 0. The Bertz CT molecular complexity index is 2780. The van der Waals surface area contributed by atoms with E-state index in [1.165, 1.54) is 47.6 Å². The molecule has 7 aromatic carbocycles. The summed E-state index contributed by atoms with van der Waals surface area (Å²) in [6.07, 6.45) is 0. The highest BCUT2D eigenvalue weighted by Gasteiger charge is 2.21. The molecule has 3 heterocycles. The molecule has 0 aliphatic rings. The van der Waals surface area contributed by atoms with Gasteiger partial charge in [-0.3, -0.25) is 4.57 Å². The number of hydrogen-bond donors (Lipinski definition) is 0. The van der Waals surface area contributed by atoms with Crippen molar-refractivity contribution in [1.29, 1.82) is 0 Å². The molecule has 0 amide bonds. The van der Waals surface area contributed by atoms with Crippen molar-refractivity contribution in [2.45, 2.75) is 0 Å². The lowest BCUT2D eigenvalue weighted by atomic mass is 9.99. The van der Waals surface area contributed by atoms with Crippen LogP contribution in [-0.4, -0.2) is 14.5 Å². The Labute approximate surface area is 293 Å². The lowest BCUT2D eigenvalue weighted by Gasteiger charge is -2.12. The Morgan fingerprint density at radius 1 is 0.380 bits per heavy atom. The largest absolute Gasteiger partial charge is 0.278 e. The molecule has 0 radical (unpaired) electrons. The van der Waals surface area contributed by atoms with Crippen LogP contribution in [0.15, 0.2) is 176 Å². The van der Waals surface area contributed by atoms with Crippen molar-refractivity contribution in [3.8, 4) is 50.7 Å². The molecule has 0 aliphatic carbocycles. The average molecular weight is 656 g/mol. The normalized spacial score (nSPS) is 11.6. The SMILES string of the molecule is c1ccc(-c2ccc(-c3ccc4c5c6sc7ccccc7c6ccc5n(-c5nc(-c6ccccc6)cc(-c6ccccc6)n5)c4c3)cc2)cc1. The summed E-state index contributed by atoms with van der Waals surface area (Å²) < 4.78 is 4.85. The minimum Gasteiger partial charge on any atom is -0.278 e. The number of aromatic nitrogens is 3. The zero-order valence-corrected chi connectivity index (χ0v) is 27.8. The van der Waals surface area contributed by atoms with E-state index in [1.807, 2.05) is 23.5 Å². The molecule has 0 bridgehead atoms. The molecule has 0 fully saturated rings. The molecule has 3 aromatic heterocycles. The van der Waals surface area contributed by atoms with Crippen molar-refractivity contribution in [3.63, 3.8) is 0 Å². The molecule has 3 nitrogen and oxygen atoms in total. The summed E-state index contributed by atoms with van der Waals surface area (Å²) in [6.45, 7) is 0. The number of rotatable bonds is 5. The van der Waals surface area contributed by atoms with Gasteiger partial charge in [0.1, 0.15) is 0 Å². The summed E-state index contributed by atoms with van der Waals surface area (Å²) in [5.41, 5.74) is 10.8. The van der Waals surface area contributed by atoms with E-state index in [2.05, 4.69) is 168 Å². The van der Waals surface area contributed by atoms with E-state index < -0.39 is 0 Å². The van der Waals surface area contributed by atoms with Crippen molar-refractivity contribution in [2.24, 2.45) is 0 Å². The maximum Gasteiger partial charge on any atom is 0.235 e. The zero-order valence-electron chi connectivity index (χ0n) is 27.0.